The molecule has 2 aromatic heterocycles. The van der Waals surface area contributed by atoms with Crippen LogP contribution in [0.3, 0.4) is 0 Å². The molecular formula is C24H24N4O. The van der Waals surface area contributed by atoms with Crippen LogP contribution < -0.4 is 5.32 Å². The van der Waals surface area contributed by atoms with E-state index < -0.39 is 0 Å². The first-order valence-electron chi connectivity index (χ1n) is 10.4. The summed E-state index contributed by atoms with van der Waals surface area (Å²) in [5, 5.41) is 10.3. The zero-order chi connectivity index (χ0) is 19.9. The first-order valence-corrected chi connectivity index (χ1v) is 10.4. The maximum Gasteiger partial charge on any atom is 0.252 e. The van der Waals surface area contributed by atoms with Crippen LogP contribution in [0.25, 0.3) is 32.9 Å². The van der Waals surface area contributed by atoms with Gasteiger partial charge in [-0.05, 0) is 36.0 Å². The van der Waals surface area contributed by atoms with Gasteiger partial charge in [-0.15, -0.1) is 0 Å². The first kappa shape index (κ1) is 16.8. The summed E-state index contributed by atoms with van der Waals surface area (Å²) in [6.07, 6.45) is 3.92. The van der Waals surface area contributed by atoms with Crippen molar-refractivity contribution in [1.82, 2.24) is 19.7 Å². The van der Waals surface area contributed by atoms with Crippen molar-refractivity contribution in [3.63, 3.8) is 0 Å². The summed E-state index contributed by atoms with van der Waals surface area (Å²) in [5.74, 6) is 0.589. The third kappa shape index (κ3) is 2.16. The van der Waals surface area contributed by atoms with Crippen LogP contribution in [0, 0.1) is 5.92 Å². The van der Waals surface area contributed by atoms with E-state index in [1.165, 1.54) is 27.4 Å². The van der Waals surface area contributed by atoms with Crippen LogP contribution in [-0.4, -0.2) is 20.3 Å². The highest BCUT2D eigenvalue weighted by Gasteiger charge is 2.35. The molecule has 1 aliphatic carbocycles. The lowest BCUT2D eigenvalue weighted by atomic mass is 9.82. The van der Waals surface area contributed by atoms with Crippen molar-refractivity contribution in [1.29, 1.82) is 0 Å². The summed E-state index contributed by atoms with van der Waals surface area (Å²) >= 11 is 0. The largest absolute Gasteiger partial charge is 0.348 e. The molecule has 3 heterocycles. The third-order valence-corrected chi connectivity index (χ3v) is 6.40. The maximum absolute atomic E-state index is 13.0. The van der Waals surface area contributed by atoms with Gasteiger partial charge in [0, 0.05) is 53.8 Å². The summed E-state index contributed by atoms with van der Waals surface area (Å²) in [7, 11) is 1.96. The van der Waals surface area contributed by atoms with Gasteiger partial charge in [-0.1, -0.05) is 32.0 Å². The number of nitrogens with zero attached hydrogens (tertiary/aromatic N) is 3. The number of carbonyl (C=O) groups is 1. The molecule has 6 rings (SSSR count). The van der Waals surface area contributed by atoms with Gasteiger partial charge in [0.15, 0.2) is 0 Å². The molecule has 0 unspecified atom stereocenters. The van der Waals surface area contributed by atoms with E-state index in [0.717, 1.165) is 47.3 Å². The fourth-order valence-corrected chi connectivity index (χ4v) is 5.42. The number of hydrogen-bond acceptors (Lipinski definition) is 2. The number of para-hydroxylation sites is 1. The highest BCUT2D eigenvalue weighted by molar-refractivity contribution is 6.19. The van der Waals surface area contributed by atoms with Crippen molar-refractivity contribution in [2.24, 2.45) is 13.0 Å². The van der Waals surface area contributed by atoms with E-state index in [2.05, 4.69) is 59.3 Å². The van der Waals surface area contributed by atoms with Gasteiger partial charge in [0.2, 0.25) is 0 Å². The van der Waals surface area contributed by atoms with Crippen LogP contribution in [0.15, 0.2) is 30.5 Å². The zero-order valence-electron chi connectivity index (χ0n) is 17.0. The quantitative estimate of drug-likeness (QED) is 0.563. The number of benzene rings is 2. The van der Waals surface area contributed by atoms with Crippen LogP contribution in [-0.2, 0) is 33.0 Å². The Labute approximate surface area is 169 Å². The number of rotatable bonds is 2. The molecule has 1 amide bonds. The average molecular weight is 384 g/mol. The number of amides is 1. The molecule has 2 aromatic carbocycles. The summed E-state index contributed by atoms with van der Waals surface area (Å²) < 4.78 is 4.38. The Morgan fingerprint density at radius 3 is 2.79 bits per heavy atom. The lowest BCUT2D eigenvalue weighted by Crippen LogP contribution is -2.15. The highest BCUT2D eigenvalue weighted by atomic mass is 16.1. The predicted octanol–water partition coefficient (Wildman–Crippen LogP) is 4.19. The van der Waals surface area contributed by atoms with Gasteiger partial charge in [0.05, 0.1) is 16.8 Å². The minimum absolute atomic E-state index is 0.0514. The summed E-state index contributed by atoms with van der Waals surface area (Å²) in [6.45, 7) is 6.11. The Hall–Kier alpha value is -3.08. The molecule has 5 nitrogen and oxygen atoms in total. The van der Waals surface area contributed by atoms with E-state index in [1.54, 1.807) is 0 Å². The molecule has 0 saturated heterocycles. The molecule has 29 heavy (non-hydrogen) atoms. The number of aryl methyl sites for hydroxylation is 3. The fraction of sp³-hybridized carbons (Fsp3) is 0.333. The van der Waals surface area contributed by atoms with E-state index in [4.69, 9.17) is 0 Å². The van der Waals surface area contributed by atoms with Gasteiger partial charge in [-0.2, -0.15) is 5.10 Å². The van der Waals surface area contributed by atoms with Crippen LogP contribution in [0.2, 0.25) is 0 Å². The Bertz CT molecular complexity index is 1340. The minimum Gasteiger partial charge on any atom is -0.348 e. The SMILES string of the molecule is CC(C)Cn1c2ccccc2c2c3c(c4c(c21)CCc1nn(C)cc1-4)C(=O)NC3. The normalized spacial score (nSPS) is 15.1. The molecule has 1 N–H and O–H groups in total. The molecule has 4 aromatic rings. The molecule has 0 atom stereocenters. The standard InChI is InChI=1S/C24H24N4O/c1-13(2)11-28-19-7-5-4-6-14(19)21-16-10-25-24(29)22(16)20-15(23(21)28)8-9-18-17(20)12-27(3)26-18/h4-7,12-13H,8-11H2,1-3H3,(H,25,29). The van der Waals surface area contributed by atoms with Gasteiger partial charge in [-0.25, -0.2) is 0 Å². The molecule has 0 fully saturated rings. The molecule has 0 spiro atoms. The zero-order valence-corrected chi connectivity index (χ0v) is 17.0. The number of hydrogen-bond donors (Lipinski definition) is 1. The number of fused-ring (bicyclic) bond motifs is 10. The first-order chi connectivity index (χ1) is 14.0. The van der Waals surface area contributed by atoms with Crippen molar-refractivity contribution < 1.29 is 4.79 Å². The van der Waals surface area contributed by atoms with E-state index in [0.29, 0.717) is 12.5 Å². The number of nitrogens with one attached hydrogen (secondary N) is 1. The third-order valence-electron chi connectivity index (χ3n) is 6.40. The monoisotopic (exact) mass is 384 g/mol. The van der Waals surface area contributed by atoms with Crippen molar-refractivity contribution in [2.45, 2.75) is 39.8 Å². The van der Waals surface area contributed by atoms with Crippen LogP contribution in [0.1, 0.15) is 41.0 Å². The molecule has 2 aliphatic rings. The van der Waals surface area contributed by atoms with Crippen LogP contribution in [0.5, 0.6) is 0 Å². The van der Waals surface area contributed by atoms with Crippen LogP contribution >= 0.6 is 0 Å². The fourth-order valence-electron chi connectivity index (χ4n) is 5.42. The van der Waals surface area contributed by atoms with Gasteiger partial charge in [-0.3, -0.25) is 9.48 Å². The van der Waals surface area contributed by atoms with Crippen molar-refractivity contribution in [3.8, 4) is 11.1 Å². The molecule has 146 valence electrons. The van der Waals surface area contributed by atoms with Crippen molar-refractivity contribution >= 4 is 27.7 Å². The molecule has 0 bridgehead atoms. The maximum atomic E-state index is 13.0. The Morgan fingerprint density at radius 2 is 1.97 bits per heavy atom. The highest BCUT2D eigenvalue weighted by Crippen LogP contribution is 2.46. The molecule has 5 heteroatoms. The second-order valence-electron chi connectivity index (χ2n) is 8.80. The summed E-state index contributed by atoms with van der Waals surface area (Å²) in [4.78, 5) is 13.0. The Balaban J connectivity index is 1.85. The lowest BCUT2D eigenvalue weighted by Gasteiger charge is -2.22. The minimum atomic E-state index is 0.0514. The number of carbonyl (C=O) groups excluding carboxylic acids is 1. The second-order valence-corrected chi connectivity index (χ2v) is 8.80. The van der Waals surface area contributed by atoms with Gasteiger partial charge < -0.3 is 9.88 Å². The predicted molar refractivity (Wildman–Crippen MR) is 115 cm³/mol. The second kappa shape index (κ2) is 5.72. The smallest absolute Gasteiger partial charge is 0.252 e. The lowest BCUT2D eigenvalue weighted by molar-refractivity contribution is 0.0966. The van der Waals surface area contributed by atoms with E-state index in [-0.39, 0.29) is 5.91 Å². The molecule has 0 saturated carbocycles. The molecule has 1 aliphatic heterocycles. The van der Waals surface area contributed by atoms with E-state index in [9.17, 15) is 4.79 Å². The average Bonchev–Trinajstić information content (AvgIpc) is 3.35. The van der Waals surface area contributed by atoms with Gasteiger partial charge in [0.1, 0.15) is 0 Å². The molecular weight excluding hydrogens is 360 g/mol. The summed E-state index contributed by atoms with van der Waals surface area (Å²) in [6, 6.07) is 8.66. The Kier molecular flexibility index (Phi) is 3.32. The van der Waals surface area contributed by atoms with Gasteiger partial charge in [0.25, 0.3) is 5.91 Å². The van der Waals surface area contributed by atoms with Crippen LogP contribution in [0.4, 0.5) is 0 Å². The summed E-state index contributed by atoms with van der Waals surface area (Å²) in [5.41, 5.74) is 9.27. The number of aromatic nitrogens is 3. The van der Waals surface area contributed by atoms with E-state index >= 15 is 0 Å². The van der Waals surface area contributed by atoms with Crippen molar-refractivity contribution in [2.75, 3.05) is 0 Å². The molecule has 0 radical (unpaired) electrons. The topological polar surface area (TPSA) is 51.9 Å². The van der Waals surface area contributed by atoms with Gasteiger partial charge >= 0.3 is 0 Å². The van der Waals surface area contributed by atoms with Crippen molar-refractivity contribution in [3.05, 3.63) is 52.8 Å². The Morgan fingerprint density at radius 1 is 1.14 bits per heavy atom. The van der Waals surface area contributed by atoms with E-state index in [1.807, 2.05) is 11.7 Å².